The first-order valence-electron chi connectivity index (χ1n) is 13.2. The molecule has 0 aromatic heterocycles. The number of fused-ring (bicyclic) bond motifs is 1. The highest BCUT2D eigenvalue weighted by atomic mass is 16.5. The van der Waals surface area contributed by atoms with Crippen LogP contribution in [-0.2, 0) is 12.8 Å². The minimum Gasteiger partial charge on any atom is -0.497 e. The molecule has 0 amide bonds. The molecule has 0 radical (unpaired) electrons. The highest BCUT2D eigenvalue weighted by molar-refractivity contribution is 5.86. The van der Waals surface area contributed by atoms with E-state index in [4.69, 9.17) is 14.2 Å². The SMILES string of the molecule is COc1ccc2c(c1)C=C(c1cc(OC)ccc1Cc1ccc(OCCN3CCCCC3)cc1)CC2. The number of hydrogen-bond acceptors (Lipinski definition) is 4. The van der Waals surface area contributed by atoms with Gasteiger partial charge in [0.1, 0.15) is 23.9 Å². The molecule has 3 aromatic carbocycles. The average Bonchev–Trinajstić information content (AvgIpc) is 2.94. The molecule has 0 atom stereocenters. The molecule has 0 N–H and O–H groups in total. The van der Waals surface area contributed by atoms with Crippen LogP contribution in [0.2, 0.25) is 0 Å². The van der Waals surface area contributed by atoms with E-state index in [9.17, 15) is 0 Å². The molecule has 5 rings (SSSR count). The summed E-state index contributed by atoms with van der Waals surface area (Å²) in [5.74, 6) is 2.74. The molecule has 1 aliphatic heterocycles. The molecule has 36 heavy (non-hydrogen) atoms. The predicted octanol–water partition coefficient (Wildman–Crippen LogP) is 6.65. The van der Waals surface area contributed by atoms with Gasteiger partial charge in [-0.25, -0.2) is 0 Å². The van der Waals surface area contributed by atoms with Gasteiger partial charge < -0.3 is 14.2 Å². The first kappa shape index (κ1) is 24.5. The lowest BCUT2D eigenvalue weighted by Gasteiger charge is -2.26. The van der Waals surface area contributed by atoms with Gasteiger partial charge in [-0.3, -0.25) is 4.90 Å². The fraction of sp³-hybridized carbons (Fsp3) is 0.375. The Morgan fingerprint density at radius 2 is 1.47 bits per heavy atom. The van der Waals surface area contributed by atoms with Gasteiger partial charge in [-0.2, -0.15) is 0 Å². The fourth-order valence-electron chi connectivity index (χ4n) is 5.34. The standard InChI is InChI=1S/C32H37NO3/c1-34-30-14-10-25-8-9-27(21-28(25)22-30)32-23-31(35-2)15-11-26(32)20-24-6-12-29(13-7-24)36-19-18-33-16-4-3-5-17-33/h6-7,10-15,21-23H,3-5,8-9,16-20H2,1-2H3. The maximum atomic E-state index is 6.04. The van der Waals surface area contributed by atoms with Gasteiger partial charge in [-0.05, 0) is 115 Å². The third kappa shape index (κ3) is 5.93. The van der Waals surface area contributed by atoms with Crippen molar-refractivity contribution in [1.29, 1.82) is 0 Å². The highest BCUT2D eigenvalue weighted by Gasteiger charge is 2.17. The number of methoxy groups -OCH3 is 2. The second-order valence-electron chi connectivity index (χ2n) is 9.83. The molecular formula is C32H37NO3. The summed E-state index contributed by atoms with van der Waals surface area (Å²) in [5, 5.41) is 0. The third-order valence-electron chi connectivity index (χ3n) is 7.45. The van der Waals surface area contributed by atoms with Gasteiger partial charge in [0.2, 0.25) is 0 Å². The molecule has 188 valence electrons. The molecule has 0 spiro atoms. The third-order valence-corrected chi connectivity index (χ3v) is 7.45. The Labute approximate surface area is 215 Å². The Balaban J connectivity index is 1.30. The molecule has 1 aliphatic carbocycles. The minimum atomic E-state index is 0.752. The van der Waals surface area contributed by atoms with Crippen molar-refractivity contribution < 1.29 is 14.2 Å². The van der Waals surface area contributed by atoms with Crippen LogP contribution in [0.1, 0.15) is 53.5 Å². The number of ether oxygens (including phenoxy) is 3. The number of hydrogen-bond donors (Lipinski definition) is 0. The van der Waals surface area contributed by atoms with Gasteiger partial charge in [0.15, 0.2) is 0 Å². The Hall–Kier alpha value is -3.24. The van der Waals surface area contributed by atoms with Gasteiger partial charge in [0.05, 0.1) is 14.2 Å². The van der Waals surface area contributed by atoms with Crippen LogP contribution in [-0.4, -0.2) is 45.4 Å². The van der Waals surface area contributed by atoms with Crippen molar-refractivity contribution in [2.75, 3.05) is 40.5 Å². The molecule has 0 bridgehead atoms. The fourth-order valence-corrected chi connectivity index (χ4v) is 5.34. The zero-order valence-electron chi connectivity index (χ0n) is 21.6. The lowest BCUT2D eigenvalue weighted by Crippen LogP contribution is -2.33. The van der Waals surface area contributed by atoms with Crippen LogP contribution in [0.25, 0.3) is 11.6 Å². The van der Waals surface area contributed by atoms with E-state index in [1.165, 1.54) is 65.7 Å². The van der Waals surface area contributed by atoms with Crippen molar-refractivity contribution in [3.05, 3.63) is 88.5 Å². The highest BCUT2D eigenvalue weighted by Crippen LogP contribution is 2.36. The number of rotatable bonds is 9. The first-order valence-corrected chi connectivity index (χ1v) is 13.2. The van der Waals surface area contributed by atoms with E-state index in [1.54, 1.807) is 14.2 Å². The van der Waals surface area contributed by atoms with Crippen molar-refractivity contribution >= 4 is 11.6 Å². The Bertz CT molecular complexity index is 1190. The summed E-state index contributed by atoms with van der Waals surface area (Å²) in [6.07, 6.45) is 9.25. The van der Waals surface area contributed by atoms with E-state index in [2.05, 4.69) is 71.6 Å². The quantitative estimate of drug-likeness (QED) is 0.341. The van der Waals surface area contributed by atoms with Crippen LogP contribution in [0.3, 0.4) is 0 Å². The number of likely N-dealkylation sites (tertiary alicyclic amines) is 1. The summed E-state index contributed by atoms with van der Waals surface area (Å²) in [6, 6.07) is 21.4. The normalized spacial score (nSPS) is 15.7. The van der Waals surface area contributed by atoms with Crippen molar-refractivity contribution in [2.24, 2.45) is 0 Å². The number of benzene rings is 3. The zero-order chi connectivity index (χ0) is 24.7. The Morgan fingerprint density at radius 3 is 2.25 bits per heavy atom. The van der Waals surface area contributed by atoms with Crippen LogP contribution >= 0.6 is 0 Å². The molecule has 0 saturated carbocycles. The van der Waals surface area contributed by atoms with E-state index < -0.39 is 0 Å². The first-order chi connectivity index (χ1) is 17.7. The number of piperidine rings is 1. The molecule has 4 heteroatoms. The summed E-state index contributed by atoms with van der Waals surface area (Å²) in [4.78, 5) is 2.51. The second-order valence-corrected chi connectivity index (χ2v) is 9.83. The molecule has 4 nitrogen and oxygen atoms in total. The van der Waals surface area contributed by atoms with Gasteiger partial charge in [0, 0.05) is 6.54 Å². The summed E-state index contributed by atoms with van der Waals surface area (Å²) in [5.41, 5.74) is 7.83. The summed E-state index contributed by atoms with van der Waals surface area (Å²) in [7, 11) is 3.46. The topological polar surface area (TPSA) is 30.9 Å². The van der Waals surface area contributed by atoms with Gasteiger partial charge in [0.25, 0.3) is 0 Å². The van der Waals surface area contributed by atoms with Crippen LogP contribution in [0.4, 0.5) is 0 Å². The summed E-state index contributed by atoms with van der Waals surface area (Å²) >= 11 is 0. The molecule has 3 aromatic rings. The molecule has 1 fully saturated rings. The average molecular weight is 484 g/mol. The van der Waals surface area contributed by atoms with Gasteiger partial charge in [-0.15, -0.1) is 0 Å². The Morgan fingerprint density at radius 1 is 0.750 bits per heavy atom. The van der Waals surface area contributed by atoms with E-state index in [1.807, 2.05) is 0 Å². The lowest BCUT2D eigenvalue weighted by molar-refractivity contribution is 0.183. The van der Waals surface area contributed by atoms with Gasteiger partial charge in [-0.1, -0.05) is 36.8 Å². The second kappa shape index (κ2) is 11.7. The van der Waals surface area contributed by atoms with Crippen LogP contribution in [0.15, 0.2) is 60.7 Å². The van der Waals surface area contributed by atoms with Crippen LogP contribution in [0, 0.1) is 0 Å². The molecule has 1 heterocycles. The van der Waals surface area contributed by atoms with E-state index >= 15 is 0 Å². The van der Waals surface area contributed by atoms with Gasteiger partial charge >= 0.3 is 0 Å². The summed E-state index contributed by atoms with van der Waals surface area (Å²) in [6.45, 7) is 4.19. The monoisotopic (exact) mass is 483 g/mol. The summed E-state index contributed by atoms with van der Waals surface area (Å²) < 4.78 is 17.1. The van der Waals surface area contributed by atoms with E-state index in [0.717, 1.165) is 49.7 Å². The molecule has 0 unspecified atom stereocenters. The van der Waals surface area contributed by atoms with Crippen molar-refractivity contribution in [2.45, 2.75) is 38.5 Å². The lowest BCUT2D eigenvalue weighted by atomic mass is 9.85. The maximum Gasteiger partial charge on any atom is 0.119 e. The molecule has 2 aliphatic rings. The Kier molecular flexibility index (Phi) is 7.92. The zero-order valence-corrected chi connectivity index (χ0v) is 21.6. The van der Waals surface area contributed by atoms with Crippen LogP contribution in [0.5, 0.6) is 17.2 Å². The van der Waals surface area contributed by atoms with Crippen molar-refractivity contribution in [3.63, 3.8) is 0 Å². The van der Waals surface area contributed by atoms with E-state index in [0.29, 0.717) is 0 Å². The van der Waals surface area contributed by atoms with Crippen LogP contribution < -0.4 is 14.2 Å². The smallest absolute Gasteiger partial charge is 0.119 e. The number of aryl methyl sites for hydroxylation is 1. The number of allylic oxidation sites excluding steroid dienone is 1. The van der Waals surface area contributed by atoms with Crippen molar-refractivity contribution in [3.8, 4) is 17.2 Å². The maximum absolute atomic E-state index is 6.04. The minimum absolute atomic E-state index is 0.752. The molecular weight excluding hydrogens is 446 g/mol. The molecule has 1 saturated heterocycles. The predicted molar refractivity (Wildman–Crippen MR) is 147 cm³/mol. The largest absolute Gasteiger partial charge is 0.497 e. The van der Waals surface area contributed by atoms with Crippen molar-refractivity contribution in [1.82, 2.24) is 4.90 Å². The number of nitrogens with zero attached hydrogens (tertiary/aromatic N) is 1. The van der Waals surface area contributed by atoms with E-state index in [-0.39, 0.29) is 0 Å².